The number of carbonyl (C=O) groups excluding carboxylic acids is 3. The third kappa shape index (κ3) is 7.03. The first-order valence-corrected chi connectivity index (χ1v) is 8.54. The molecule has 6 nitrogen and oxygen atoms in total. The van der Waals surface area contributed by atoms with Gasteiger partial charge < -0.3 is 15.0 Å². The number of hydrogen-bond donors (Lipinski definition) is 1. The average Bonchev–Trinajstić information content (AvgIpc) is 2.66. The van der Waals surface area contributed by atoms with Crippen LogP contribution in [0.25, 0.3) is 6.08 Å². The Labute approximate surface area is 162 Å². The molecule has 0 saturated carbocycles. The lowest BCUT2D eigenvalue weighted by Crippen LogP contribution is -2.37. The minimum Gasteiger partial charge on any atom is -0.452 e. The maximum Gasteiger partial charge on any atom is 0.331 e. The predicted molar refractivity (Wildman–Crippen MR) is 104 cm³/mol. The van der Waals surface area contributed by atoms with Crippen LogP contribution in [0.2, 0.25) is 0 Å². The van der Waals surface area contributed by atoms with E-state index in [1.807, 2.05) is 19.1 Å². The minimum absolute atomic E-state index is 0.177. The molecule has 146 valence electrons. The van der Waals surface area contributed by atoms with E-state index in [0.29, 0.717) is 11.3 Å². The Kier molecular flexibility index (Phi) is 7.45. The molecule has 0 aromatic heterocycles. The van der Waals surface area contributed by atoms with Crippen LogP contribution in [-0.4, -0.2) is 42.9 Å². The summed E-state index contributed by atoms with van der Waals surface area (Å²) in [6, 6.07) is 12.9. The van der Waals surface area contributed by atoms with Crippen LogP contribution in [0, 0.1) is 12.7 Å². The molecule has 2 aromatic rings. The SMILES string of the molecule is Cc1ccc(NC(=O)CN(C)C(=O)COC(=O)/C=C/c2cccc(F)c2)cc1. The van der Waals surface area contributed by atoms with E-state index in [0.717, 1.165) is 16.5 Å². The van der Waals surface area contributed by atoms with E-state index in [-0.39, 0.29) is 12.5 Å². The Bertz CT molecular complexity index is 878. The third-order valence-electron chi connectivity index (χ3n) is 3.74. The van der Waals surface area contributed by atoms with Crippen LogP contribution in [0.1, 0.15) is 11.1 Å². The highest BCUT2D eigenvalue weighted by Gasteiger charge is 2.14. The molecule has 2 aromatic carbocycles. The number of esters is 1. The lowest BCUT2D eigenvalue weighted by Gasteiger charge is -2.16. The summed E-state index contributed by atoms with van der Waals surface area (Å²) in [7, 11) is 1.44. The molecule has 28 heavy (non-hydrogen) atoms. The molecule has 2 rings (SSSR count). The van der Waals surface area contributed by atoms with Crippen LogP contribution in [0.15, 0.2) is 54.6 Å². The number of amides is 2. The first-order valence-electron chi connectivity index (χ1n) is 8.54. The maximum absolute atomic E-state index is 13.1. The summed E-state index contributed by atoms with van der Waals surface area (Å²) in [6.45, 7) is 1.26. The first-order chi connectivity index (χ1) is 13.3. The molecule has 0 fully saturated rings. The van der Waals surface area contributed by atoms with Crippen molar-refractivity contribution in [1.29, 1.82) is 0 Å². The maximum atomic E-state index is 13.1. The largest absolute Gasteiger partial charge is 0.452 e. The molecular weight excluding hydrogens is 363 g/mol. The Hall–Kier alpha value is -3.48. The normalized spacial score (nSPS) is 10.5. The number of carbonyl (C=O) groups is 3. The van der Waals surface area contributed by atoms with Gasteiger partial charge in [0.05, 0.1) is 6.54 Å². The Morgan fingerprint density at radius 2 is 1.86 bits per heavy atom. The lowest BCUT2D eigenvalue weighted by molar-refractivity contribution is -0.148. The van der Waals surface area contributed by atoms with Crippen LogP contribution in [-0.2, 0) is 19.1 Å². The van der Waals surface area contributed by atoms with E-state index in [2.05, 4.69) is 5.32 Å². The van der Waals surface area contributed by atoms with Gasteiger partial charge in [0.1, 0.15) is 5.82 Å². The van der Waals surface area contributed by atoms with Crippen molar-refractivity contribution < 1.29 is 23.5 Å². The highest BCUT2D eigenvalue weighted by atomic mass is 19.1. The second-order valence-corrected chi connectivity index (χ2v) is 6.16. The molecule has 7 heteroatoms. The standard InChI is InChI=1S/C21H21FN2O4/c1-15-6-9-18(10-7-15)23-19(25)13-24(2)20(26)14-28-21(27)11-8-16-4-3-5-17(22)12-16/h3-12H,13-14H2,1-2H3,(H,23,25)/b11-8+. The van der Waals surface area contributed by atoms with Gasteiger partial charge in [0.25, 0.3) is 5.91 Å². The molecule has 0 unspecified atom stereocenters. The number of ether oxygens (including phenoxy) is 1. The summed E-state index contributed by atoms with van der Waals surface area (Å²) >= 11 is 0. The van der Waals surface area contributed by atoms with Crippen LogP contribution < -0.4 is 5.32 Å². The van der Waals surface area contributed by atoms with E-state index in [1.54, 1.807) is 18.2 Å². The number of halogens is 1. The van der Waals surface area contributed by atoms with Gasteiger partial charge in [0, 0.05) is 18.8 Å². The Balaban J connectivity index is 1.76. The van der Waals surface area contributed by atoms with Crippen LogP contribution in [0.3, 0.4) is 0 Å². The zero-order valence-corrected chi connectivity index (χ0v) is 15.6. The van der Waals surface area contributed by atoms with Crippen molar-refractivity contribution in [3.05, 3.63) is 71.6 Å². The summed E-state index contributed by atoms with van der Waals surface area (Å²) in [5.74, 6) is -2.05. The fourth-order valence-electron chi connectivity index (χ4n) is 2.21. The highest BCUT2D eigenvalue weighted by molar-refractivity contribution is 5.95. The van der Waals surface area contributed by atoms with Crippen LogP contribution >= 0.6 is 0 Å². The second-order valence-electron chi connectivity index (χ2n) is 6.16. The van der Waals surface area contributed by atoms with Gasteiger partial charge in [0.2, 0.25) is 5.91 Å². The fraction of sp³-hybridized carbons (Fsp3) is 0.190. The molecule has 0 spiro atoms. The summed E-state index contributed by atoms with van der Waals surface area (Å²) in [4.78, 5) is 36.8. The smallest absolute Gasteiger partial charge is 0.331 e. The molecule has 0 heterocycles. The Morgan fingerprint density at radius 1 is 1.14 bits per heavy atom. The van der Waals surface area contributed by atoms with Crippen molar-refractivity contribution in [2.24, 2.45) is 0 Å². The number of likely N-dealkylation sites (N-methyl/N-ethyl adjacent to an activating group) is 1. The van der Waals surface area contributed by atoms with Gasteiger partial charge in [-0.2, -0.15) is 0 Å². The van der Waals surface area contributed by atoms with Gasteiger partial charge in [-0.25, -0.2) is 9.18 Å². The summed E-state index contributed by atoms with van der Waals surface area (Å²) in [5, 5.41) is 2.68. The average molecular weight is 384 g/mol. The molecule has 0 aliphatic heterocycles. The van der Waals surface area contributed by atoms with Crippen molar-refractivity contribution in [2.45, 2.75) is 6.92 Å². The van der Waals surface area contributed by atoms with Crippen molar-refractivity contribution in [3.63, 3.8) is 0 Å². The topological polar surface area (TPSA) is 75.7 Å². The van der Waals surface area contributed by atoms with Crippen LogP contribution in [0.5, 0.6) is 0 Å². The molecule has 0 radical (unpaired) electrons. The zero-order valence-electron chi connectivity index (χ0n) is 15.6. The van der Waals surface area contributed by atoms with E-state index >= 15 is 0 Å². The molecule has 0 aliphatic rings. The molecule has 0 aliphatic carbocycles. The number of nitrogens with one attached hydrogen (secondary N) is 1. The van der Waals surface area contributed by atoms with Gasteiger partial charge in [-0.3, -0.25) is 9.59 Å². The number of benzene rings is 2. The summed E-state index contributed by atoms with van der Waals surface area (Å²) in [6.07, 6.45) is 2.49. The molecule has 1 N–H and O–H groups in total. The van der Waals surface area contributed by atoms with Crippen molar-refractivity contribution in [3.8, 4) is 0 Å². The predicted octanol–water partition coefficient (Wildman–Crippen LogP) is 2.79. The number of anilines is 1. The van der Waals surface area contributed by atoms with E-state index in [9.17, 15) is 18.8 Å². The molecule has 2 amide bonds. The zero-order chi connectivity index (χ0) is 20.5. The summed E-state index contributed by atoms with van der Waals surface area (Å²) < 4.78 is 17.9. The second kappa shape index (κ2) is 10.0. The first kappa shape index (κ1) is 20.8. The van der Waals surface area contributed by atoms with Crippen molar-refractivity contribution in [1.82, 2.24) is 4.90 Å². The number of hydrogen-bond acceptors (Lipinski definition) is 4. The van der Waals surface area contributed by atoms with Gasteiger partial charge in [0.15, 0.2) is 6.61 Å². The molecule has 0 bridgehead atoms. The Morgan fingerprint density at radius 3 is 2.54 bits per heavy atom. The van der Waals surface area contributed by atoms with E-state index in [1.165, 1.54) is 31.3 Å². The van der Waals surface area contributed by atoms with Gasteiger partial charge >= 0.3 is 5.97 Å². The molecular formula is C21H21FN2O4. The van der Waals surface area contributed by atoms with Crippen LogP contribution in [0.4, 0.5) is 10.1 Å². The quantitative estimate of drug-likeness (QED) is 0.588. The van der Waals surface area contributed by atoms with E-state index in [4.69, 9.17) is 4.74 Å². The highest BCUT2D eigenvalue weighted by Crippen LogP contribution is 2.08. The minimum atomic E-state index is -0.741. The fourth-order valence-corrected chi connectivity index (χ4v) is 2.21. The van der Waals surface area contributed by atoms with Gasteiger partial charge in [-0.05, 0) is 42.8 Å². The number of rotatable bonds is 7. The number of aryl methyl sites for hydroxylation is 1. The monoisotopic (exact) mass is 384 g/mol. The van der Waals surface area contributed by atoms with Crippen molar-refractivity contribution >= 4 is 29.5 Å². The van der Waals surface area contributed by atoms with Gasteiger partial charge in [-0.1, -0.05) is 29.8 Å². The summed E-state index contributed by atoms with van der Waals surface area (Å²) in [5.41, 5.74) is 2.19. The number of nitrogens with zero attached hydrogens (tertiary/aromatic N) is 1. The van der Waals surface area contributed by atoms with E-state index < -0.39 is 24.3 Å². The van der Waals surface area contributed by atoms with Crippen molar-refractivity contribution in [2.75, 3.05) is 25.5 Å². The third-order valence-corrected chi connectivity index (χ3v) is 3.74. The van der Waals surface area contributed by atoms with Gasteiger partial charge in [-0.15, -0.1) is 0 Å². The molecule has 0 saturated heterocycles. The lowest BCUT2D eigenvalue weighted by atomic mass is 10.2. The molecule has 0 atom stereocenters.